The highest BCUT2D eigenvalue weighted by Gasteiger charge is 2.16. The summed E-state index contributed by atoms with van der Waals surface area (Å²) >= 11 is 0. The molecule has 1 nitrogen and oxygen atoms in total. The third kappa shape index (κ3) is 1.59. The van der Waals surface area contributed by atoms with Crippen molar-refractivity contribution in [3.05, 3.63) is 34.9 Å². The minimum absolute atomic E-state index is 0.341. The maximum Gasteiger partial charge on any atom is 0.163 e. The third-order valence-electron chi connectivity index (χ3n) is 3.03. The molecule has 0 atom stereocenters. The molecule has 0 saturated carbocycles. The monoisotopic (exact) mass is 188 g/mol. The number of benzene rings is 1. The van der Waals surface area contributed by atoms with Gasteiger partial charge in [-0.2, -0.15) is 0 Å². The summed E-state index contributed by atoms with van der Waals surface area (Å²) < 4.78 is 0. The lowest BCUT2D eigenvalue weighted by atomic mass is 9.95. The molecule has 1 aromatic rings. The maximum atomic E-state index is 11.8. The predicted octanol–water partition coefficient (Wildman–Crippen LogP) is 3.16. The van der Waals surface area contributed by atoms with Crippen LogP contribution in [0.1, 0.15) is 47.7 Å². The number of hydrogen-bond acceptors (Lipinski definition) is 1. The number of ketones is 1. The van der Waals surface area contributed by atoms with Gasteiger partial charge in [0.15, 0.2) is 5.78 Å². The Morgan fingerprint density at radius 1 is 1.21 bits per heavy atom. The molecule has 0 aliphatic heterocycles. The second-order valence-electron chi connectivity index (χ2n) is 3.93. The van der Waals surface area contributed by atoms with Crippen molar-refractivity contribution in [2.75, 3.05) is 0 Å². The number of fused-ring (bicyclic) bond motifs is 1. The average Bonchev–Trinajstić information content (AvgIpc) is 2.41. The molecule has 1 heteroatoms. The van der Waals surface area contributed by atoms with Crippen LogP contribution in [0.2, 0.25) is 0 Å². The first-order chi connectivity index (χ1) is 6.83. The SMILES string of the molecule is CCc1cccc2c1CCCCC2=O. The fraction of sp³-hybridized carbons (Fsp3) is 0.462. The van der Waals surface area contributed by atoms with E-state index < -0.39 is 0 Å². The van der Waals surface area contributed by atoms with Crippen LogP contribution in [0.15, 0.2) is 18.2 Å². The molecule has 0 heterocycles. The van der Waals surface area contributed by atoms with Gasteiger partial charge in [0, 0.05) is 12.0 Å². The van der Waals surface area contributed by atoms with Crippen molar-refractivity contribution < 1.29 is 4.79 Å². The molecule has 0 unspecified atom stereocenters. The quantitative estimate of drug-likeness (QED) is 0.619. The van der Waals surface area contributed by atoms with E-state index in [4.69, 9.17) is 0 Å². The van der Waals surface area contributed by atoms with Crippen LogP contribution in [0, 0.1) is 0 Å². The van der Waals surface area contributed by atoms with Crippen molar-refractivity contribution in [2.45, 2.75) is 39.0 Å². The van der Waals surface area contributed by atoms with E-state index in [0.29, 0.717) is 5.78 Å². The minimum atomic E-state index is 0.341. The van der Waals surface area contributed by atoms with Gasteiger partial charge in [-0.05, 0) is 36.8 Å². The summed E-state index contributed by atoms with van der Waals surface area (Å²) in [6, 6.07) is 6.15. The van der Waals surface area contributed by atoms with Gasteiger partial charge in [0.1, 0.15) is 0 Å². The molecule has 0 spiro atoms. The molecule has 0 radical (unpaired) electrons. The van der Waals surface area contributed by atoms with Gasteiger partial charge in [-0.15, -0.1) is 0 Å². The Bertz CT molecular complexity index is 352. The van der Waals surface area contributed by atoms with E-state index in [9.17, 15) is 4.79 Å². The lowest BCUT2D eigenvalue weighted by molar-refractivity contribution is 0.0982. The van der Waals surface area contributed by atoms with Crippen molar-refractivity contribution in [3.8, 4) is 0 Å². The van der Waals surface area contributed by atoms with E-state index in [1.807, 2.05) is 12.1 Å². The molecular formula is C13H16O. The van der Waals surface area contributed by atoms with Gasteiger partial charge in [0.05, 0.1) is 0 Å². The van der Waals surface area contributed by atoms with E-state index in [-0.39, 0.29) is 0 Å². The van der Waals surface area contributed by atoms with E-state index in [2.05, 4.69) is 13.0 Å². The van der Waals surface area contributed by atoms with Crippen LogP contribution in [-0.4, -0.2) is 5.78 Å². The third-order valence-corrected chi connectivity index (χ3v) is 3.03. The zero-order chi connectivity index (χ0) is 9.97. The second-order valence-corrected chi connectivity index (χ2v) is 3.93. The predicted molar refractivity (Wildman–Crippen MR) is 57.7 cm³/mol. The number of carbonyl (C=O) groups is 1. The van der Waals surface area contributed by atoms with Gasteiger partial charge in [-0.1, -0.05) is 25.1 Å². The summed E-state index contributed by atoms with van der Waals surface area (Å²) in [4.78, 5) is 11.8. The Kier molecular flexibility index (Phi) is 2.67. The number of carbonyl (C=O) groups excluding carboxylic acids is 1. The van der Waals surface area contributed by atoms with Crippen LogP contribution in [0.4, 0.5) is 0 Å². The highest BCUT2D eigenvalue weighted by molar-refractivity contribution is 5.98. The first kappa shape index (κ1) is 9.45. The van der Waals surface area contributed by atoms with Crippen molar-refractivity contribution in [2.24, 2.45) is 0 Å². The lowest BCUT2D eigenvalue weighted by Gasteiger charge is -2.09. The fourth-order valence-corrected chi connectivity index (χ4v) is 2.24. The number of rotatable bonds is 1. The Hall–Kier alpha value is -1.11. The van der Waals surface area contributed by atoms with Crippen molar-refractivity contribution >= 4 is 5.78 Å². The minimum Gasteiger partial charge on any atom is -0.294 e. The smallest absolute Gasteiger partial charge is 0.163 e. The molecule has 2 rings (SSSR count). The average molecular weight is 188 g/mol. The molecule has 14 heavy (non-hydrogen) atoms. The van der Waals surface area contributed by atoms with E-state index in [1.165, 1.54) is 11.1 Å². The van der Waals surface area contributed by atoms with Crippen LogP contribution in [0.25, 0.3) is 0 Å². The molecule has 0 aromatic heterocycles. The Balaban J connectivity index is 2.51. The van der Waals surface area contributed by atoms with Crippen LogP contribution in [0.5, 0.6) is 0 Å². The molecule has 0 saturated heterocycles. The second kappa shape index (κ2) is 3.95. The van der Waals surface area contributed by atoms with Crippen LogP contribution >= 0.6 is 0 Å². The fourth-order valence-electron chi connectivity index (χ4n) is 2.24. The Morgan fingerprint density at radius 2 is 2.00 bits per heavy atom. The van der Waals surface area contributed by atoms with Crippen LogP contribution < -0.4 is 0 Å². The standard InChI is InChI=1S/C13H16O/c1-2-10-6-5-8-12-11(10)7-3-4-9-13(12)14/h5-6,8H,2-4,7,9H2,1H3. The van der Waals surface area contributed by atoms with Crippen molar-refractivity contribution in [1.29, 1.82) is 0 Å². The lowest BCUT2D eigenvalue weighted by Crippen LogP contribution is -2.02. The van der Waals surface area contributed by atoms with Gasteiger partial charge in [-0.25, -0.2) is 0 Å². The van der Waals surface area contributed by atoms with E-state index >= 15 is 0 Å². The summed E-state index contributed by atoms with van der Waals surface area (Å²) in [6.07, 6.45) is 5.08. The number of hydrogen-bond donors (Lipinski definition) is 0. The van der Waals surface area contributed by atoms with Crippen molar-refractivity contribution in [1.82, 2.24) is 0 Å². The molecule has 1 aliphatic carbocycles. The molecule has 74 valence electrons. The topological polar surface area (TPSA) is 17.1 Å². The van der Waals surface area contributed by atoms with E-state index in [1.54, 1.807) is 0 Å². The molecule has 0 fully saturated rings. The molecule has 1 aromatic carbocycles. The Labute approximate surface area is 85.1 Å². The van der Waals surface area contributed by atoms with Crippen LogP contribution in [0.3, 0.4) is 0 Å². The highest BCUT2D eigenvalue weighted by atomic mass is 16.1. The normalized spacial score (nSPS) is 16.2. The highest BCUT2D eigenvalue weighted by Crippen LogP contribution is 2.23. The maximum absolute atomic E-state index is 11.8. The summed E-state index contributed by atoms with van der Waals surface area (Å²) in [6.45, 7) is 2.16. The summed E-state index contributed by atoms with van der Waals surface area (Å²) in [5.41, 5.74) is 3.66. The Morgan fingerprint density at radius 3 is 2.79 bits per heavy atom. The first-order valence-corrected chi connectivity index (χ1v) is 5.47. The molecule has 0 amide bonds. The van der Waals surface area contributed by atoms with Gasteiger partial charge < -0.3 is 0 Å². The van der Waals surface area contributed by atoms with Gasteiger partial charge in [0.2, 0.25) is 0 Å². The molecular weight excluding hydrogens is 172 g/mol. The van der Waals surface area contributed by atoms with Crippen molar-refractivity contribution in [3.63, 3.8) is 0 Å². The van der Waals surface area contributed by atoms with Gasteiger partial charge >= 0.3 is 0 Å². The summed E-state index contributed by atoms with van der Waals surface area (Å²) in [5, 5.41) is 0. The molecule has 0 bridgehead atoms. The zero-order valence-corrected chi connectivity index (χ0v) is 8.68. The zero-order valence-electron chi connectivity index (χ0n) is 8.68. The summed E-state index contributed by atoms with van der Waals surface area (Å²) in [5.74, 6) is 0.341. The van der Waals surface area contributed by atoms with E-state index in [0.717, 1.165) is 37.7 Å². The number of aryl methyl sites for hydroxylation is 1. The summed E-state index contributed by atoms with van der Waals surface area (Å²) in [7, 11) is 0. The van der Waals surface area contributed by atoms with Crippen LogP contribution in [-0.2, 0) is 12.8 Å². The number of Topliss-reactive ketones (excluding diaryl/α,β-unsaturated/α-hetero) is 1. The molecule has 1 aliphatic rings. The van der Waals surface area contributed by atoms with Gasteiger partial charge in [0.25, 0.3) is 0 Å². The molecule has 0 N–H and O–H groups in total. The van der Waals surface area contributed by atoms with Gasteiger partial charge in [-0.3, -0.25) is 4.79 Å². The first-order valence-electron chi connectivity index (χ1n) is 5.47. The largest absolute Gasteiger partial charge is 0.294 e.